The van der Waals surface area contributed by atoms with E-state index < -0.39 is 0 Å². The van der Waals surface area contributed by atoms with Gasteiger partial charge < -0.3 is 4.74 Å². The fraction of sp³-hybridized carbons (Fsp3) is 0.400. The topological polar surface area (TPSA) is 9.23 Å². The van der Waals surface area contributed by atoms with E-state index in [-0.39, 0.29) is 0 Å². The molecule has 5 aliphatic rings. The van der Waals surface area contributed by atoms with Crippen LogP contribution >= 0.6 is 0 Å². The zero-order valence-electron chi connectivity index (χ0n) is 18.6. The third kappa shape index (κ3) is 2.27. The van der Waals surface area contributed by atoms with Crippen molar-refractivity contribution < 1.29 is 4.74 Å². The summed E-state index contributed by atoms with van der Waals surface area (Å²) in [7, 11) is 0. The van der Waals surface area contributed by atoms with Crippen LogP contribution in [0.25, 0.3) is 27.7 Å². The quantitative estimate of drug-likeness (QED) is 0.478. The molecule has 0 N–H and O–H groups in total. The minimum Gasteiger partial charge on any atom is -0.489 e. The first kappa shape index (κ1) is 18.1. The van der Waals surface area contributed by atoms with Gasteiger partial charge in [-0.05, 0) is 113 Å². The fourth-order valence-electron chi connectivity index (χ4n) is 7.41. The van der Waals surface area contributed by atoms with Crippen LogP contribution < -0.4 is 0 Å². The van der Waals surface area contributed by atoms with E-state index in [0.29, 0.717) is 12.5 Å². The van der Waals surface area contributed by atoms with Crippen molar-refractivity contribution in [3.63, 3.8) is 0 Å². The molecule has 2 unspecified atom stereocenters. The van der Waals surface area contributed by atoms with E-state index in [1.54, 1.807) is 33.2 Å². The number of benzene rings is 2. The number of aryl methyl sites for hydroxylation is 3. The van der Waals surface area contributed by atoms with Gasteiger partial charge in [0.15, 0.2) is 0 Å². The van der Waals surface area contributed by atoms with Crippen molar-refractivity contribution in [2.75, 3.05) is 0 Å². The molecule has 2 bridgehead atoms. The predicted octanol–water partition coefficient (Wildman–Crippen LogP) is 7.55. The van der Waals surface area contributed by atoms with Crippen LogP contribution in [0, 0.1) is 11.8 Å². The molecule has 2 aromatic carbocycles. The molecule has 0 spiro atoms. The van der Waals surface area contributed by atoms with Crippen molar-refractivity contribution in [3.8, 4) is 0 Å². The second-order valence-electron chi connectivity index (χ2n) is 10.3. The minimum absolute atomic E-state index is 0.683. The Morgan fingerprint density at radius 2 is 1.94 bits per heavy atom. The Morgan fingerprint density at radius 1 is 1.06 bits per heavy atom. The molecular weight excluding hydrogens is 376 g/mol. The number of allylic oxidation sites excluding steroid dienone is 5. The molecule has 1 fully saturated rings. The molecule has 0 saturated heterocycles. The van der Waals surface area contributed by atoms with E-state index in [4.69, 9.17) is 4.74 Å². The SMILES string of the molecule is C=C1OCc2c1cc1c3c(c(C(=C)CCC)c4c(c23)CC/C4=C2/CC3C=CC2C3)CC1. The highest BCUT2D eigenvalue weighted by atomic mass is 16.5. The molecule has 4 aliphatic carbocycles. The zero-order chi connectivity index (χ0) is 20.9. The Kier molecular flexibility index (Phi) is 3.64. The molecule has 0 radical (unpaired) electrons. The highest BCUT2D eigenvalue weighted by molar-refractivity contribution is 6.06. The highest BCUT2D eigenvalue weighted by Crippen LogP contribution is 2.55. The Labute approximate surface area is 185 Å². The number of hydrogen-bond donors (Lipinski definition) is 0. The Balaban J connectivity index is 1.60. The molecule has 1 saturated carbocycles. The normalized spacial score (nSPS) is 26.8. The first-order valence-corrected chi connectivity index (χ1v) is 12.2. The van der Waals surface area contributed by atoms with Crippen LogP contribution in [0.3, 0.4) is 0 Å². The van der Waals surface area contributed by atoms with Gasteiger partial charge in [0.25, 0.3) is 0 Å². The van der Waals surface area contributed by atoms with Gasteiger partial charge in [-0.3, -0.25) is 0 Å². The molecule has 1 aliphatic heterocycles. The maximum absolute atomic E-state index is 5.96. The molecule has 31 heavy (non-hydrogen) atoms. The second-order valence-corrected chi connectivity index (χ2v) is 10.3. The minimum atomic E-state index is 0.683. The Morgan fingerprint density at radius 3 is 2.71 bits per heavy atom. The van der Waals surface area contributed by atoms with Crippen LogP contribution in [0.4, 0.5) is 0 Å². The van der Waals surface area contributed by atoms with E-state index in [2.05, 4.69) is 38.3 Å². The predicted molar refractivity (Wildman–Crippen MR) is 130 cm³/mol. The summed E-state index contributed by atoms with van der Waals surface area (Å²) in [6.45, 7) is 11.8. The number of fused-ring (bicyclic) bond motifs is 6. The lowest BCUT2D eigenvalue weighted by atomic mass is 9.81. The molecule has 0 amide bonds. The van der Waals surface area contributed by atoms with Gasteiger partial charge in [0.2, 0.25) is 0 Å². The highest BCUT2D eigenvalue weighted by Gasteiger charge is 2.38. The van der Waals surface area contributed by atoms with Gasteiger partial charge in [-0.1, -0.05) is 44.2 Å². The smallest absolute Gasteiger partial charge is 0.120 e. The number of hydrogen-bond acceptors (Lipinski definition) is 1. The van der Waals surface area contributed by atoms with E-state index in [0.717, 1.165) is 37.4 Å². The summed E-state index contributed by atoms with van der Waals surface area (Å²) in [4.78, 5) is 0. The van der Waals surface area contributed by atoms with Gasteiger partial charge in [-0.15, -0.1) is 0 Å². The number of ether oxygens (including phenoxy) is 1. The van der Waals surface area contributed by atoms with Crippen molar-refractivity contribution in [2.45, 2.75) is 64.9 Å². The average molecular weight is 407 g/mol. The third-order valence-electron chi connectivity index (χ3n) is 8.63. The monoisotopic (exact) mass is 406 g/mol. The van der Waals surface area contributed by atoms with Crippen molar-refractivity contribution in [2.24, 2.45) is 11.8 Å². The van der Waals surface area contributed by atoms with E-state index in [1.807, 2.05) is 0 Å². The maximum Gasteiger partial charge on any atom is 0.120 e. The lowest BCUT2D eigenvalue weighted by molar-refractivity contribution is 0.287. The van der Waals surface area contributed by atoms with Gasteiger partial charge in [-0.2, -0.15) is 0 Å². The molecule has 1 nitrogen and oxygen atoms in total. The van der Waals surface area contributed by atoms with Gasteiger partial charge in [0.05, 0.1) is 0 Å². The van der Waals surface area contributed by atoms with E-state index >= 15 is 0 Å². The summed E-state index contributed by atoms with van der Waals surface area (Å²) in [6, 6.07) is 2.39. The van der Waals surface area contributed by atoms with Crippen LogP contribution in [-0.2, 0) is 30.6 Å². The summed E-state index contributed by atoms with van der Waals surface area (Å²) in [6.07, 6.45) is 14.5. The molecule has 7 rings (SSSR count). The largest absolute Gasteiger partial charge is 0.489 e. The fourth-order valence-corrected chi connectivity index (χ4v) is 7.41. The van der Waals surface area contributed by atoms with Crippen molar-refractivity contribution in [1.82, 2.24) is 0 Å². The van der Waals surface area contributed by atoms with Crippen LogP contribution in [0.5, 0.6) is 0 Å². The summed E-state index contributed by atoms with van der Waals surface area (Å²) in [5, 5.41) is 3.07. The molecule has 1 heteroatoms. The maximum atomic E-state index is 5.96. The first-order valence-electron chi connectivity index (χ1n) is 12.2. The van der Waals surface area contributed by atoms with Gasteiger partial charge in [-0.25, -0.2) is 0 Å². The summed E-state index contributed by atoms with van der Waals surface area (Å²) in [5.41, 5.74) is 15.3. The molecular formula is C30H30O. The van der Waals surface area contributed by atoms with Crippen molar-refractivity contribution >= 4 is 27.7 Å². The molecule has 0 aromatic heterocycles. The Bertz CT molecular complexity index is 1280. The average Bonchev–Trinajstić information content (AvgIpc) is 3.57. The van der Waals surface area contributed by atoms with Crippen LogP contribution in [-0.4, -0.2) is 0 Å². The van der Waals surface area contributed by atoms with Gasteiger partial charge in [0.1, 0.15) is 12.4 Å². The first-order chi connectivity index (χ1) is 15.2. The lowest BCUT2D eigenvalue weighted by Gasteiger charge is -2.22. The second kappa shape index (κ2) is 6.25. The van der Waals surface area contributed by atoms with Gasteiger partial charge >= 0.3 is 0 Å². The van der Waals surface area contributed by atoms with Crippen LogP contribution in [0.2, 0.25) is 0 Å². The number of rotatable bonds is 3. The lowest BCUT2D eigenvalue weighted by Crippen LogP contribution is -2.04. The van der Waals surface area contributed by atoms with E-state index in [1.165, 1.54) is 58.9 Å². The molecule has 2 atom stereocenters. The molecule has 156 valence electrons. The van der Waals surface area contributed by atoms with Gasteiger partial charge in [0, 0.05) is 11.1 Å². The van der Waals surface area contributed by atoms with Crippen molar-refractivity contribution in [3.05, 3.63) is 75.9 Å². The van der Waals surface area contributed by atoms with Crippen LogP contribution in [0.1, 0.15) is 78.0 Å². The summed E-state index contributed by atoms with van der Waals surface area (Å²) < 4.78 is 5.96. The molecule has 1 heterocycles. The third-order valence-corrected chi connectivity index (χ3v) is 8.63. The van der Waals surface area contributed by atoms with Crippen molar-refractivity contribution in [1.29, 1.82) is 0 Å². The standard InChI is InChI=1S/C30H30O/c1-4-5-16(2)27-22-9-8-20-14-24-17(3)31-15-26(24)30(28(20)22)23-11-10-21(29(23)27)25-13-18-6-7-19(25)12-18/h6-7,14,18-19H,2-5,8-13,15H2,1H3/b25-21+. The van der Waals surface area contributed by atoms with Crippen LogP contribution in [0.15, 0.2) is 36.9 Å². The Hall–Kier alpha value is -2.54. The zero-order valence-corrected chi connectivity index (χ0v) is 18.6. The summed E-state index contributed by atoms with van der Waals surface area (Å²) in [5.74, 6) is 2.33. The molecule has 2 aromatic rings. The van der Waals surface area contributed by atoms with E-state index in [9.17, 15) is 0 Å². The summed E-state index contributed by atoms with van der Waals surface area (Å²) >= 11 is 0.